The number of benzene rings is 2. The normalized spacial score (nSPS) is 18.9. The Labute approximate surface area is 185 Å². The highest BCUT2D eigenvalue weighted by Gasteiger charge is 2.26. The molecule has 6 rings (SSSR count). The molecule has 0 radical (unpaired) electrons. The van der Waals surface area contributed by atoms with E-state index in [1.54, 1.807) is 12.1 Å². The highest BCUT2D eigenvalue weighted by atomic mass is 19.1. The van der Waals surface area contributed by atoms with Crippen molar-refractivity contribution in [2.75, 3.05) is 26.2 Å². The predicted octanol–water partition coefficient (Wildman–Crippen LogP) is 5.28. The third-order valence-corrected chi connectivity index (χ3v) is 6.61. The molecule has 2 aromatic carbocycles. The van der Waals surface area contributed by atoms with Gasteiger partial charge in [0.05, 0.1) is 0 Å². The van der Waals surface area contributed by atoms with Crippen LogP contribution in [0.4, 0.5) is 4.39 Å². The van der Waals surface area contributed by atoms with E-state index < -0.39 is 0 Å². The molecule has 1 atom stereocenters. The van der Waals surface area contributed by atoms with Crippen LogP contribution >= 0.6 is 0 Å². The number of nitrogens with zero attached hydrogens (tertiary/aromatic N) is 1. The van der Waals surface area contributed by atoms with E-state index in [1.807, 2.05) is 12.3 Å². The first-order chi connectivity index (χ1) is 15.7. The highest BCUT2D eigenvalue weighted by Crippen LogP contribution is 2.39. The summed E-state index contributed by atoms with van der Waals surface area (Å²) in [7, 11) is 0. The van der Waals surface area contributed by atoms with E-state index >= 15 is 0 Å². The fraction of sp³-hybridized carbons (Fsp3) is 0.308. The monoisotopic (exact) mass is 431 g/mol. The molecule has 4 heterocycles. The van der Waals surface area contributed by atoms with Gasteiger partial charge in [-0.2, -0.15) is 0 Å². The number of aromatic amines is 2. The second-order valence-corrected chi connectivity index (χ2v) is 8.68. The van der Waals surface area contributed by atoms with Gasteiger partial charge in [-0.1, -0.05) is 13.0 Å². The molecule has 1 unspecified atom stereocenters. The summed E-state index contributed by atoms with van der Waals surface area (Å²) in [6, 6.07) is 11.1. The summed E-state index contributed by atoms with van der Waals surface area (Å²) in [5.41, 5.74) is 5.63. The number of hydrogen-bond donors (Lipinski definition) is 2. The van der Waals surface area contributed by atoms with E-state index in [0.717, 1.165) is 71.3 Å². The lowest BCUT2D eigenvalue weighted by molar-refractivity contribution is 0.0633. The fourth-order valence-corrected chi connectivity index (χ4v) is 4.88. The summed E-state index contributed by atoms with van der Waals surface area (Å²) < 4.78 is 26.2. The first-order valence-corrected chi connectivity index (χ1v) is 11.3. The SMILES string of the molecule is CCc1cc2c3c(ccc2[nH]1)OCC(CN1CC=C(c2c[nH]c4ccc(F)cc24)CC1)O3. The van der Waals surface area contributed by atoms with Crippen molar-refractivity contribution in [3.05, 3.63) is 65.7 Å². The van der Waals surface area contributed by atoms with Crippen molar-refractivity contribution >= 4 is 27.4 Å². The summed E-state index contributed by atoms with van der Waals surface area (Å²) in [4.78, 5) is 9.10. The zero-order chi connectivity index (χ0) is 21.7. The molecule has 6 heteroatoms. The minimum atomic E-state index is -0.200. The van der Waals surface area contributed by atoms with Crippen molar-refractivity contribution < 1.29 is 13.9 Å². The Morgan fingerprint density at radius 1 is 1.12 bits per heavy atom. The maximum atomic E-state index is 13.7. The maximum Gasteiger partial charge on any atom is 0.171 e. The minimum Gasteiger partial charge on any atom is -0.486 e. The van der Waals surface area contributed by atoms with Crippen LogP contribution in [0.15, 0.2) is 48.7 Å². The minimum absolute atomic E-state index is 0.00906. The summed E-state index contributed by atoms with van der Waals surface area (Å²) >= 11 is 0. The zero-order valence-electron chi connectivity index (χ0n) is 18.1. The van der Waals surface area contributed by atoms with Crippen LogP contribution in [-0.2, 0) is 6.42 Å². The van der Waals surface area contributed by atoms with Gasteiger partial charge in [0.2, 0.25) is 0 Å². The molecule has 0 aliphatic carbocycles. The van der Waals surface area contributed by atoms with E-state index in [9.17, 15) is 4.39 Å². The maximum absolute atomic E-state index is 13.7. The van der Waals surface area contributed by atoms with Gasteiger partial charge >= 0.3 is 0 Å². The lowest BCUT2D eigenvalue weighted by Crippen LogP contribution is -2.42. The van der Waals surface area contributed by atoms with Gasteiger partial charge < -0.3 is 19.4 Å². The number of rotatable bonds is 4. The lowest BCUT2D eigenvalue weighted by atomic mass is 9.98. The van der Waals surface area contributed by atoms with Gasteiger partial charge in [-0.15, -0.1) is 0 Å². The number of aromatic nitrogens is 2. The number of nitrogens with one attached hydrogen (secondary N) is 2. The Balaban J connectivity index is 1.17. The fourth-order valence-electron chi connectivity index (χ4n) is 4.88. The average molecular weight is 432 g/mol. The number of fused-ring (bicyclic) bond motifs is 4. The second kappa shape index (κ2) is 7.71. The van der Waals surface area contributed by atoms with E-state index in [2.05, 4.69) is 40.0 Å². The van der Waals surface area contributed by atoms with Crippen LogP contribution in [0.1, 0.15) is 24.6 Å². The van der Waals surface area contributed by atoms with Gasteiger partial charge in [-0.05, 0) is 54.8 Å². The molecule has 32 heavy (non-hydrogen) atoms. The topological polar surface area (TPSA) is 53.3 Å². The number of H-pyrrole nitrogens is 2. The summed E-state index contributed by atoms with van der Waals surface area (Å²) in [5, 5.41) is 2.05. The van der Waals surface area contributed by atoms with E-state index in [1.165, 1.54) is 17.3 Å². The van der Waals surface area contributed by atoms with Gasteiger partial charge in [-0.3, -0.25) is 4.90 Å². The number of halogens is 1. The van der Waals surface area contributed by atoms with Crippen LogP contribution in [0.5, 0.6) is 11.5 Å². The smallest absolute Gasteiger partial charge is 0.171 e. The molecule has 2 aliphatic heterocycles. The van der Waals surface area contributed by atoms with Crippen molar-refractivity contribution in [3.8, 4) is 11.5 Å². The first-order valence-electron chi connectivity index (χ1n) is 11.3. The quantitative estimate of drug-likeness (QED) is 0.462. The summed E-state index contributed by atoms with van der Waals surface area (Å²) in [6.07, 6.45) is 6.12. The molecular formula is C26H26FN3O2. The molecular weight excluding hydrogens is 405 g/mol. The first kappa shape index (κ1) is 19.4. The van der Waals surface area contributed by atoms with Crippen LogP contribution < -0.4 is 9.47 Å². The lowest BCUT2D eigenvalue weighted by Gasteiger charge is -2.33. The Hall–Kier alpha value is -3.25. The molecule has 5 nitrogen and oxygen atoms in total. The Kier molecular flexibility index (Phi) is 4.68. The Morgan fingerprint density at radius 3 is 2.88 bits per heavy atom. The summed E-state index contributed by atoms with van der Waals surface area (Å²) in [6.45, 7) is 5.29. The van der Waals surface area contributed by atoms with Crippen molar-refractivity contribution in [1.82, 2.24) is 14.9 Å². The molecule has 0 fully saturated rings. The molecule has 0 saturated heterocycles. The largest absolute Gasteiger partial charge is 0.486 e. The number of aryl methyl sites for hydroxylation is 1. The van der Waals surface area contributed by atoms with Gasteiger partial charge in [0.15, 0.2) is 11.5 Å². The van der Waals surface area contributed by atoms with Crippen LogP contribution in [-0.4, -0.2) is 47.2 Å². The molecule has 0 amide bonds. The molecule has 2 aromatic heterocycles. The van der Waals surface area contributed by atoms with Gasteiger partial charge in [-0.25, -0.2) is 4.39 Å². The molecule has 0 spiro atoms. The zero-order valence-corrected chi connectivity index (χ0v) is 18.1. The van der Waals surface area contributed by atoms with E-state index in [0.29, 0.717) is 6.61 Å². The summed E-state index contributed by atoms with van der Waals surface area (Å²) in [5.74, 6) is 1.47. The van der Waals surface area contributed by atoms with Crippen LogP contribution in [0, 0.1) is 5.82 Å². The standard InChI is InChI=1S/C26H26FN3O2/c1-2-18-12-21-24(29-18)5-6-25-26(21)32-19(15-31-25)14-30-9-7-16(8-10-30)22-13-28-23-4-3-17(27)11-20(22)23/h3-7,11-13,19,28-29H,2,8-10,14-15H2,1H3. The van der Waals surface area contributed by atoms with Crippen molar-refractivity contribution in [1.29, 1.82) is 0 Å². The molecule has 164 valence electrons. The molecule has 2 aliphatic rings. The third kappa shape index (κ3) is 3.35. The third-order valence-electron chi connectivity index (χ3n) is 6.61. The van der Waals surface area contributed by atoms with Crippen LogP contribution in [0.25, 0.3) is 27.4 Å². The van der Waals surface area contributed by atoms with Crippen molar-refractivity contribution in [3.63, 3.8) is 0 Å². The average Bonchev–Trinajstić information content (AvgIpc) is 3.43. The Bertz CT molecular complexity index is 1340. The molecule has 0 saturated carbocycles. The van der Waals surface area contributed by atoms with Crippen LogP contribution in [0.3, 0.4) is 0 Å². The molecule has 0 bridgehead atoms. The van der Waals surface area contributed by atoms with Gasteiger partial charge in [0, 0.05) is 58.9 Å². The number of ether oxygens (including phenoxy) is 2. The van der Waals surface area contributed by atoms with Crippen molar-refractivity contribution in [2.45, 2.75) is 25.9 Å². The Morgan fingerprint density at radius 2 is 2.03 bits per heavy atom. The predicted molar refractivity (Wildman–Crippen MR) is 125 cm³/mol. The van der Waals surface area contributed by atoms with E-state index in [-0.39, 0.29) is 11.9 Å². The van der Waals surface area contributed by atoms with Crippen LogP contribution in [0.2, 0.25) is 0 Å². The van der Waals surface area contributed by atoms with E-state index in [4.69, 9.17) is 9.47 Å². The van der Waals surface area contributed by atoms with Gasteiger partial charge in [0.1, 0.15) is 18.5 Å². The highest BCUT2D eigenvalue weighted by molar-refractivity contribution is 5.93. The molecule has 4 aromatic rings. The second-order valence-electron chi connectivity index (χ2n) is 8.68. The van der Waals surface area contributed by atoms with Crippen molar-refractivity contribution in [2.24, 2.45) is 0 Å². The van der Waals surface area contributed by atoms with Gasteiger partial charge in [0.25, 0.3) is 0 Å². The molecule has 2 N–H and O–H groups in total. The number of hydrogen-bond acceptors (Lipinski definition) is 3.